The Morgan fingerprint density at radius 3 is 2.10 bits per heavy atom. The molecule has 1 aromatic rings. The summed E-state index contributed by atoms with van der Waals surface area (Å²) in [5.41, 5.74) is 1.29. The van der Waals surface area contributed by atoms with Crippen molar-refractivity contribution in [2.75, 3.05) is 19.6 Å². The molecule has 2 atom stereocenters. The standard InChI is InChI=1S/C18H31FN2/c1-6-18(5,21(8-3)9-4)17(20-7-2)14-15-10-12-16(19)13-11-15/h10-13,17,20H,6-9,14H2,1-5H3. The molecule has 120 valence electrons. The third-order valence-corrected chi connectivity index (χ3v) is 4.76. The van der Waals surface area contributed by atoms with Gasteiger partial charge in [-0.15, -0.1) is 0 Å². The quantitative estimate of drug-likeness (QED) is 0.744. The van der Waals surface area contributed by atoms with Crippen LogP contribution in [0.15, 0.2) is 24.3 Å². The topological polar surface area (TPSA) is 15.3 Å². The molecule has 1 N–H and O–H groups in total. The van der Waals surface area contributed by atoms with Gasteiger partial charge in [-0.05, 0) is 57.1 Å². The summed E-state index contributed by atoms with van der Waals surface area (Å²) in [6.07, 6.45) is 2.02. The SMILES string of the molecule is CCNC(Cc1ccc(F)cc1)C(C)(CC)N(CC)CC. The van der Waals surface area contributed by atoms with Crippen LogP contribution in [0, 0.1) is 5.82 Å². The van der Waals surface area contributed by atoms with Gasteiger partial charge in [0.15, 0.2) is 0 Å². The maximum Gasteiger partial charge on any atom is 0.123 e. The minimum Gasteiger partial charge on any atom is -0.312 e. The van der Waals surface area contributed by atoms with Gasteiger partial charge in [0.2, 0.25) is 0 Å². The van der Waals surface area contributed by atoms with Gasteiger partial charge in [-0.1, -0.05) is 39.8 Å². The lowest BCUT2D eigenvalue weighted by molar-refractivity contribution is 0.0707. The average molecular weight is 294 g/mol. The number of benzene rings is 1. The van der Waals surface area contributed by atoms with E-state index in [1.54, 1.807) is 12.1 Å². The van der Waals surface area contributed by atoms with E-state index in [0.29, 0.717) is 6.04 Å². The van der Waals surface area contributed by atoms with Crippen LogP contribution in [-0.4, -0.2) is 36.1 Å². The summed E-state index contributed by atoms with van der Waals surface area (Å²) in [5, 5.41) is 3.65. The first-order chi connectivity index (χ1) is 10.0. The molecule has 0 aliphatic carbocycles. The number of nitrogens with one attached hydrogen (secondary N) is 1. The zero-order chi connectivity index (χ0) is 15.9. The molecule has 1 aromatic carbocycles. The van der Waals surface area contributed by atoms with E-state index in [1.807, 2.05) is 12.1 Å². The molecule has 3 heteroatoms. The molecule has 0 saturated heterocycles. The largest absolute Gasteiger partial charge is 0.312 e. The van der Waals surface area contributed by atoms with E-state index >= 15 is 0 Å². The molecule has 0 aromatic heterocycles. The predicted molar refractivity (Wildman–Crippen MR) is 89.2 cm³/mol. The summed E-state index contributed by atoms with van der Waals surface area (Å²) in [7, 11) is 0. The summed E-state index contributed by atoms with van der Waals surface area (Å²) in [4.78, 5) is 2.53. The highest BCUT2D eigenvalue weighted by Crippen LogP contribution is 2.26. The highest BCUT2D eigenvalue weighted by molar-refractivity contribution is 5.18. The van der Waals surface area contributed by atoms with Crippen LogP contribution >= 0.6 is 0 Å². The number of likely N-dealkylation sites (N-methyl/N-ethyl adjacent to an activating group) is 2. The van der Waals surface area contributed by atoms with Crippen LogP contribution in [0.3, 0.4) is 0 Å². The Morgan fingerprint density at radius 1 is 1.10 bits per heavy atom. The molecule has 2 unspecified atom stereocenters. The summed E-state index contributed by atoms with van der Waals surface area (Å²) in [6.45, 7) is 14.2. The minimum atomic E-state index is -0.166. The van der Waals surface area contributed by atoms with Crippen molar-refractivity contribution >= 4 is 0 Å². The molecular formula is C18H31FN2. The fraction of sp³-hybridized carbons (Fsp3) is 0.667. The molecule has 0 spiro atoms. The van der Waals surface area contributed by atoms with Gasteiger partial charge in [0.1, 0.15) is 5.82 Å². The lowest BCUT2D eigenvalue weighted by Crippen LogP contribution is -2.60. The highest BCUT2D eigenvalue weighted by Gasteiger charge is 2.36. The normalized spacial score (nSPS) is 16.0. The number of nitrogens with zero attached hydrogens (tertiary/aromatic N) is 1. The molecule has 1 rings (SSSR count). The van der Waals surface area contributed by atoms with Crippen LogP contribution in [0.1, 0.15) is 46.6 Å². The third-order valence-electron chi connectivity index (χ3n) is 4.76. The van der Waals surface area contributed by atoms with Crippen LogP contribution in [0.25, 0.3) is 0 Å². The second-order valence-electron chi connectivity index (χ2n) is 5.82. The van der Waals surface area contributed by atoms with Crippen LogP contribution in [0.5, 0.6) is 0 Å². The Kier molecular flexibility index (Phi) is 7.33. The first-order valence-corrected chi connectivity index (χ1v) is 8.24. The molecule has 0 radical (unpaired) electrons. The molecular weight excluding hydrogens is 263 g/mol. The molecule has 2 nitrogen and oxygen atoms in total. The first kappa shape index (κ1) is 18.1. The van der Waals surface area contributed by atoms with Gasteiger partial charge >= 0.3 is 0 Å². The van der Waals surface area contributed by atoms with Crippen molar-refractivity contribution in [2.24, 2.45) is 0 Å². The van der Waals surface area contributed by atoms with E-state index < -0.39 is 0 Å². The summed E-state index contributed by atoms with van der Waals surface area (Å²) >= 11 is 0. The fourth-order valence-corrected chi connectivity index (χ4v) is 3.25. The fourth-order valence-electron chi connectivity index (χ4n) is 3.25. The Morgan fingerprint density at radius 2 is 1.67 bits per heavy atom. The highest BCUT2D eigenvalue weighted by atomic mass is 19.1. The third kappa shape index (κ3) is 4.52. The molecule has 21 heavy (non-hydrogen) atoms. The van der Waals surface area contributed by atoms with Crippen LogP contribution in [-0.2, 0) is 6.42 Å². The van der Waals surface area contributed by atoms with Crippen molar-refractivity contribution < 1.29 is 4.39 Å². The monoisotopic (exact) mass is 294 g/mol. The Labute approximate surface area is 129 Å². The molecule has 0 heterocycles. The predicted octanol–water partition coefficient (Wildman–Crippen LogP) is 3.86. The van der Waals surface area contributed by atoms with E-state index in [1.165, 1.54) is 5.56 Å². The number of rotatable bonds is 9. The van der Waals surface area contributed by atoms with Gasteiger partial charge in [-0.2, -0.15) is 0 Å². The zero-order valence-corrected chi connectivity index (χ0v) is 14.2. The Balaban J connectivity index is 2.99. The second kappa shape index (κ2) is 8.50. The number of hydrogen-bond acceptors (Lipinski definition) is 2. The molecule has 0 aliphatic rings. The summed E-state index contributed by atoms with van der Waals surface area (Å²) < 4.78 is 13.1. The maximum atomic E-state index is 13.1. The molecule has 0 amide bonds. The lowest BCUT2D eigenvalue weighted by Gasteiger charge is -2.46. The van der Waals surface area contributed by atoms with Crippen molar-refractivity contribution in [1.82, 2.24) is 10.2 Å². The number of hydrogen-bond donors (Lipinski definition) is 1. The zero-order valence-electron chi connectivity index (χ0n) is 14.2. The van der Waals surface area contributed by atoms with Gasteiger partial charge in [0, 0.05) is 11.6 Å². The van der Waals surface area contributed by atoms with Gasteiger partial charge in [0.25, 0.3) is 0 Å². The summed E-state index contributed by atoms with van der Waals surface area (Å²) in [6, 6.07) is 7.27. The minimum absolute atomic E-state index is 0.105. The van der Waals surface area contributed by atoms with Crippen molar-refractivity contribution in [1.29, 1.82) is 0 Å². The van der Waals surface area contributed by atoms with Crippen LogP contribution in [0.4, 0.5) is 4.39 Å². The van der Waals surface area contributed by atoms with E-state index in [0.717, 1.165) is 32.5 Å². The second-order valence-corrected chi connectivity index (χ2v) is 5.82. The molecule has 0 fully saturated rings. The Bertz CT molecular complexity index is 400. The van der Waals surface area contributed by atoms with Crippen molar-refractivity contribution in [3.05, 3.63) is 35.6 Å². The Hall–Kier alpha value is -0.930. The lowest BCUT2D eigenvalue weighted by atomic mass is 9.83. The van der Waals surface area contributed by atoms with Crippen molar-refractivity contribution in [2.45, 2.75) is 59.0 Å². The first-order valence-electron chi connectivity index (χ1n) is 8.24. The van der Waals surface area contributed by atoms with E-state index in [9.17, 15) is 4.39 Å². The van der Waals surface area contributed by atoms with Gasteiger partial charge < -0.3 is 5.32 Å². The van der Waals surface area contributed by atoms with Gasteiger partial charge in [-0.3, -0.25) is 4.90 Å². The van der Waals surface area contributed by atoms with E-state index in [2.05, 4.69) is 44.8 Å². The summed E-state index contributed by atoms with van der Waals surface area (Å²) in [5.74, 6) is -0.166. The van der Waals surface area contributed by atoms with E-state index in [4.69, 9.17) is 0 Å². The molecule has 0 saturated carbocycles. The van der Waals surface area contributed by atoms with Crippen molar-refractivity contribution in [3.8, 4) is 0 Å². The molecule has 0 aliphatic heterocycles. The maximum absolute atomic E-state index is 13.1. The van der Waals surface area contributed by atoms with Crippen molar-refractivity contribution in [3.63, 3.8) is 0 Å². The van der Waals surface area contributed by atoms with Crippen LogP contribution < -0.4 is 5.32 Å². The molecule has 0 bridgehead atoms. The average Bonchev–Trinajstić information content (AvgIpc) is 2.49. The smallest absolute Gasteiger partial charge is 0.123 e. The van der Waals surface area contributed by atoms with Gasteiger partial charge in [0.05, 0.1) is 0 Å². The van der Waals surface area contributed by atoms with Gasteiger partial charge in [-0.25, -0.2) is 4.39 Å². The number of halogens is 1. The van der Waals surface area contributed by atoms with Crippen LogP contribution in [0.2, 0.25) is 0 Å². The van der Waals surface area contributed by atoms with E-state index in [-0.39, 0.29) is 11.4 Å².